The van der Waals surface area contributed by atoms with Crippen molar-refractivity contribution in [3.63, 3.8) is 0 Å². The van der Waals surface area contributed by atoms with Crippen LogP contribution in [0.2, 0.25) is 0 Å². The zero-order valence-electron chi connectivity index (χ0n) is 19.4. The molecule has 0 fully saturated rings. The van der Waals surface area contributed by atoms with Crippen LogP contribution in [0, 0.1) is 0 Å². The summed E-state index contributed by atoms with van der Waals surface area (Å²) >= 11 is 0. The van der Waals surface area contributed by atoms with E-state index < -0.39 is 11.4 Å². The standard InChI is InChI=1S/C24H32N2O6/c1-6-8-24(2,3)26-14-16-11-22(32-10-7-9-30-4)21(31-5)12-17(16)19-13-20(27)18(23(28)29)15-25(19)26/h11-13,15H,6-10,14H2,1-5H3,(H,28,29). The van der Waals surface area contributed by atoms with Crippen LogP contribution in [-0.2, 0) is 11.3 Å². The van der Waals surface area contributed by atoms with E-state index in [4.69, 9.17) is 14.2 Å². The highest BCUT2D eigenvalue weighted by molar-refractivity contribution is 5.88. The highest BCUT2D eigenvalue weighted by Crippen LogP contribution is 2.40. The zero-order chi connectivity index (χ0) is 23.5. The molecular formula is C24H32N2O6. The third-order valence-corrected chi connectivity index (χ3v) is 5.82. The van der Waals surface area contributed by atoms with Crippen LogP contribution >= 0.6 is 0 Å². The van der Waals surface area contributed by atoms with Gasteiger partial charge < -0.3 is 24.3 Å². The molecule has 3 rings (SSSR count). The van der Waals surface area contributed by atoms with Gasteiger partial charge in [0, 0.05) is 38.0 Å². The van der Waals surface area contributed by atoms with Crippen molar-refractivity contribution in [3.05, 3.63) is 45.7 Å². The Morgan fingerprint density at radius 3 is 2.53 bits per heavy atom. The lowest BCUT2D eigenvalue weighted by Crippen LogP contribution is -2.52. The number of carbonyl (C=O) groups is 1. The minimum atomic E-state index is -1.23. The second-order valence-corrected chi connectivity index (χ2v) is 8.56. The molecule has 174 valence electrons. The van der Waals surface area contributed by atoms with E-state index in [1.165, 1.54) is 12.3 Å². The number of rotatable bonds is 10. The van der Waals surface area contributed by atoms with E-state index in [1.807, 2.05) is 12.1 Å². The molecule has 1 N–H and O–H groups in total. The molecule has 0 spiro atoms. The molecule has 8 heteroatoms. The fourth-order valence-corrected chi connectivity index (χ4v) is 4.20. The summed E-state index contributed by atoms with van der Waals surface area (Å²) in [7, 11) is 3.23. The lowest BCUT2D eigenvalue weighted by atomic mass is 9.93. The third-order valence-electron chi connectivity index (χ3n) is 5.82. The van der Waals surface area contributed by atoms with E-state index in [0.29, 0.717) is 37.0 Å². The Labute approximate surface area is 188 Å². The maximum absolute atomic E-state index is 12.6. The number of benzene rings is 1. The van der Waals surface area contributed by atoms with Crippen LogP contribution in [0.15, 0.2) is 29.2 Å². The number of methoxy groups -OCH3 is 2. The molecule has 1 aromatic carbocycles. The predicted octanol–water partition coefficient (Wildman–Crippen LogP) is 3.67. The Morgan fingerprint density at radius 2 is 1.91 bits per heavy atom. The number of hydrogen-bond acceptors (Lipinski definition) is 6. The molecule has 0 saturated heterocycles. The average Bonchev–Trinajstić information content (AvgIpc) is 2.74. The van der Waals surface area contributed by atoms with Gasteiger partial charge in [-0.2, -0.15) is 0 Å². The molecule has 0 amide bonds. The van der Waals surface area contributed by atoms with Gasteiger partial charge in [0.1, 0.15) is 5.56 Å². The van der Waals surface area contributed by atoms with Crippen molar-refractivity contribution in [2.24, 2.45) is 0 Å². The van der Waals surface area contributed by atoms with E-state index in [-0.39, 0.29) is 11.1 Å². The first-order chi connectivity index (χ1) is 15.2. The number of ether oxygens (including phenoxy) is 3. The van der Waals surface area contributed by atoms with E-state index >= 15 is 0 Å². The van der Waals surface area contributed by atoms with Crippen LogP contribution < -0.4 is 19.9 Å². The van der Waals surface area contributed by atoms with Crippen LogP contribution in [0.1, 0.15) is 56.0 Å². The van der Waals surface area contributed by atoms with Gasteiger partial charge in [-0.3, -0.25) is 9.47 Å². The minimum absolute atomic E-state index is 0.250. The molecule has 0 aliphatic carbocycles. The SMILES string of the molecule is CCCC(C)(C)N1Cc2cc(OCCCOC)c(OC)cc2-c2cc(=O)c(C(=O)O)cn21. The Balaban J connectivity index is 2.15. The molecule has 0 saturated carbocycles. The van der Waals surface area contributed by atoms with Crippen LogP contribution in [0.3, 0.4) is 0 Å². The average molecular weight is 445 g/mol. The lowest BCUT2D eigenvalue weighted by molar-refractivity contribution is 0.0694. The first-order valence-corrected chi connectivity index (χ1v) is 10.8. The van der Waals surface area contributed by atoms with E-state index in [1.54, 1.807) is 18.9 Å². The molecule has 1 aromatic heterocycles. The Kier molecular flexibility index (Phi) is 7.13. The lowest BCUT2D eigenvalue weighted by Gasteiger charge is -2.45. The predicted molar refractivity (Wildman–Crippen MR) is 123 cm³/mol. The first-order valence-electron chi connectivity index (χ1n) is 10.8. The normalized spacial score (nSPS) is 12.8. The van der Waals surface area contributed by atoms with Gasteiger partial charge in [-0.05, 0) is 38.0 Å². The van der Waals surface area contributed by atoms with Crippen molar-refractivity contribution in [1.29, 1.82) is 0 Å². The number of fused-ring (bicyclic) bond motifs is 3. The number of pyridine rings is 1. The highest BCUT2D eigenvalue weighted by Gasteiger charge is 2.33. The maximum atomic E-state index is 12.6. The quantitative estimate of drug-likeness (QED) is 0.559. The van der Waals surface area contributed by atoms with Crippen LogP contribution in [0.5, 0.6) is 11.5 Å². The van der Waals surface area contributed by atoms with Crippen LogP contribution in [0.25, 0.3) is 11.3 Å². The summed E-state index contributed by atoms with van der Waals surface area (Å²) in [6, 6.07) is 5.21. The fourth-order valence-electron chi connectivity index (χ4n) is 4.20. The van der Waals surface area contributed by atoms with Crippen molar-refractivity contribution in [2.75, 3.05) is 32.4 Å². The summed E-state index contributed by atoms with van der Waals surface area (Å²) in [5.41, 5.74) is 1.40. The van der Waals surface area contributed by atoms with Gasteiger partial charge in [0.2, 0.25) is 0 Å². The molecule has 2 heterocycles. The van der Waals surface area contributed by atoms with Crippen molar-refractivity contribution in [1.82, 2.24) is 4.68 Å². The molecule has 8 nitrogen and oxygen atoms in total. The topological polar surface area (TPSA) is 90.2 Å². The van der Waals surface area contributed by atoms with Gasteiger partial charge in [-0.15, -0.1) is 0 Å². The largest absolute Gasteiger partial charge is 0.493 e. The number of nitrogens with zero attached hydrogens (tertiary/aromatic N) is 2. The monoisotopic (exact) mass is 444 g/mol. The number of carboxylic acid groups (broad SMARTS) is 1. The van der Waals surface area contributed by atoms with Gasteiger partial charge in [0.05, 0.1) is 31.5 Å². The van der Waals surface area contributed by atoms with E-state index in [9.17, 15) is 14.7 Å². The van der Waals surface area contributed by atoms with E-state index in [0.717, 1.165) is 30.4 Å². The zero-order valence-corrected chi connectivity index (χ0v) is 19.4. The number of aromatic nitrogens is 1. The molecule has 0 bridgehead atoms. The van der Waals surface area contributed by atoms with Crippen molar-refractivity contribution in [2.45, 2.75) is 52.1 Å². The molecule has 0 radical (unpaired) electrons. The smallest absolute Gasteiger partial charge is 0.341 e. The van der Waals surface area contributed by atoms with Gasteiger partial charge in [0.15, 0.2) is 16.9 Å². The first kappa shape index (κ1) is 23.7. The second kappa shape index (κ2) is 9.65. The highest BCUT2D eigenvalue weighted by atomic mass is 16.5. The summed E-state index contributed by atoms with van der Waals surface area (Å²) in [6.07, 6.45) is 4.05. The van der Waals surface area contributed by atoms with Gasteiger partial charge in [-0.1, -0.05) is 13.3 Å². The molecule has 0 atom stereocenters. The molecule has 1 aliphatic heterocycles. The summed E-state index contributed by atoms with van der Waals surface area (Å²) < 4.78 is 18.4. The number of carboxylic acids is 1. The molecule has 32 heavy (non-hydrogen) atoms. The number of hydrogen-bond donors (Lipinski definition) is 1. The van der Waals surface area contributed by atoms with Crippen molar-refractivity contribution in [3.8, 4) is 22.8 Å². The summed E-state index contributed by atoms with van der Waals surface area (Å²) in [5, 5.41) is 11.6. The second-order valence-electron chi connectivity index (χ2n) is 8.56. The summed E-state index contributed by atoms with van der Waals surface area (Å²) in [4.78, 5) is 24.2. The molecule has 2 aromatic rings. The molecular weight excluding hydrogens is 412 g/mol. The Bertz CT molecular complexity index is 1040. The van der Waals surface area contributed by atoms with Gasteiger partial charge >= 0.3 is 5.97 Å². The minimum Gasteiger partial charge on any atom is -0.493 e. The maximum Gasteiger partial charge on any atom is 0.341 e. The third kappa shape index (κ3) is 4.60. The fraction of sp³-hybridized carbons (Fsp3) is 0.500. The van der Waals surface area contributed by atoms with E-state index in [2.05, 4.69) is 25.8 Å². The summed E-state index contributed by atoms with van der Waals surface area (Å²) in [5.74, 6) is -0.0426. The molecule has 1 aliphatic rings. The number of aromatic carboxylic acids is 1. The Morgan fingerprint density at radius 1 is 1.16 bits per heavy atom. The molecule has 0 unspecified atom stereocenters. The van der Waals surface area contributed by atoms with Crippen molar-refractivity contribution < 1.29 is 24.1 Å². The Hall–Kier alpha value is -3.00. The van der Waals surface area contributed by atoms with Gasteiger partial charge in [-0.25, -0.2) is 4.79 Å². The van der Waals surface area contributed by atoms with Crippen LogP contribution in [0.4, 0.5) is 0 Å². The van der Waals surface area contributed by atoms with Gasteiger partial charge in [0.25, 0.3) is 0 Å². The summed E-state index contributed by atoms with van der Waals surface area (Å²) in [6.45, 7) is 7.99. The van der Waals surface area contributed by atoms with Crippen molar-refractivity contribution >= 4 is 5.97 Å². The van der Waals surface area contributed by atoms with Crippen LogP contribution in [-0.4, -0.2) is 48.7 Å².